The molecule has 7 nitrogen and oxygen atoms in total. The van der Waals surface area contributed by atoms with E-state index in [2.05, 4.69) is 14.7 Å². The van der Waals surface area contributed by atoms with Gasteiger partial charge in [-0.1, -0.05) is 6.42 Å². The van der Waals surface area contributed by atoms with Crippen molar-refractivity contribution in [3.63, 3.8) is 0 Å². The van der Waals surface area contributed by atoms with Crippen LogP contribution in [0.15, 0.2) is 4.90 Å². The number of likely N-dealkylation sites (tertiary alicyclic amines) is 1. The third-order valence-corrected chi connectivity index (χ3v) is 5.37. The number of nitrogen functional groups attached to an aromatic ring is 1. The SMILES string of the molecule is Cc1c(S(=O)(=O)NCCN2CCCCC2)c(N)nn1C. The summed E-state index contributed by atoms with van der Waals surface area (Å²) in [6.07, 6.45) is 3.66. The van der Waals surface area contributed by atoms with Gasteiger partial charge in [-0.25, -0.2) is 13.1 Å². The number of hydrogen-bond donors (Lipinski definition) is 2. The van der Waals surface area contributed by atoms with Gasteiger partial charge < -0.3 is 10.6 Å². The fourth-order valence-corrected chi connectivity index (χ4v) is 3.88. The number of aryl methyl sites for hydroxylation is 1. The van der Waals surface area contributed by atoms with E-state index in [4.69, 9.17) is 5.73 Å². The Balaban J connectivity index is 1.97. The normalized spacial score (nSPS) is 17.5. The van der Waals surface area contributed by atoms with Crippen molar-refractivity contribution in [1.29, 1.82) is 0 Å². The molecule has 0 aromatic carbocycles. The largest absolute Gasteiger partial charge is 0.381 e. The third-order valence-electron chi connectivity index (χ3n) is 3.74. The van der Waals surface area contributed by atoms with Crippen LogP contribution in [0, 0.1) is 6.92 Å². The van der Waals surface area contributed by atoms with Gasteiger partial charge in [0.15, 0.2) is 5.82 Å². The fourth-order valence-electron chi connectivity index (χ4n) is 2.54. The number of hydrogen-bond acceptors (Lipinski definition) is 5. The van der Waals surface area contributed by atoms with Crippen LogP contribution in [0.25, 0.3) is 0 Å². The zero-order chi connectivity index (χ0) is 14.8. The lowest BCUT2D eigenvalue weighted by Gasteiger charge is -2.26. The summed E-state index contributed by atoms with van der Waals surface area (Å²) in [7, 11) is -1.91. The van der Waals surface area contributed by atoms with Gasteiger partial charge in [-0.2, -0.15) is 5.10 Å². The Kier molecular flexibility index (Phi) is 4.66. The summed E-state index contributed by atoms with van der Waals surface area (Å²) in [4.78, 5) is 2.38. The lowest BCUT2D eigenvalue weighted by atomic mass is 10.1. The van der Waals surface area contributed by atoms with Crippen molar-refractivity contribution in [2.24, 2.45) is 7.05 Å². The molecule has 0 radical (unpaired) electrons. The van der Waals surface area contributed by atoms with Crippen molar-refractivity contribution in [3.8, 4) is 0 Å². The van der Waals surface area contributed by atoms with E-state index in [-0.39, 0.29) is 10.7 Å². The molecule has 1 fully saturated rings. The van der Waals surface area contributed by atoms with E-state index in [1.807, 2.05) is 0 Å². The van der Waals surface area contributed by atoms with Gasteiger partial charge in [0, 0.05) is 20.1 Å². The predicted octanol–water partition coefficient (Wildman–Crippen LogP) is 0.0749. The second-order valence-electron chi connectivity index (χ2n) is 5.22. The van der Waals surface area contributed by atoms with Gasteiger partial charge in [0.05, 0.1) is 5.69 Å². The Morgan fingerprint density at radius 2 is 1.95 bits per heavy atom. The Morgan fingerprint density at radius 1 is 1.30 bits per heavy atom. The molecule has 1 saturated heterocycles. The lowest BCUT2D eigenvalue weighted by Crippen LogP contribution is -2.37. The minimum atomic E-state index is -3.59. The summed E-state index contributed by atoms with van der Waals surface area (Å²) in [5, 5.41) is 3.94. The molecule has 20 heavy (non-hydrogen) atoms. The highest BCUT2D eigenvalue weighted by Gasteiger charge is 2.24. The molecule has 0 spiro atoms. The molecule has 2 rings (SSSR count). The van der Waals surface area contributed by atoms with Gasteiger partial charge in [0.25, 0.3) is 0 Å². The van der Waals surface area contributed by atoms with E-state index < -0.39 is 10.0 Å². The van der Waals surface area contributed by atoms with E-state index in [1.165, 1.54) is 23.9 Å². The standard InChI is InChI=1S/C12H23N5O2S/c1-10-11(12(13)15-16(10)2)20(18,19)14-6-9-17-7-4-3-5-8-17/h14H,3-9H2,1-2H3,(H2,13,15). The first-order valence-corrected chi connectivity index (χ1v) is 8.41. The fraction of sp³-hybridized carbons (Fsp3) is 0.750. The quantitative estimate of drug-likeness (QED) is 0.803. The van der Waals surface area contributed by atoms with Crippen LogP contribution >= 0.6 is 0 Å². The number of sulfonamides is 1. The van der Waals surface area contributed by atoms with Crippen molar-refractivity contribution in [2.45, 2.75) is 31.1 Å². The van der Waals surface area contributed by atoms with E-state index in [1.54, 1.807) is 14.0 Å². The first kappa shape index (κ1) is 15.3. The molecule has 0 atom stereocenters. The first-order valence-electron chi connectivity index (χ1n) is 6.93. The topological polar surface area (TPSA) is 93.2 Å². The zero-order valence-corrected chi connectivity index (χ0v) is 12.9. The van der Waals surface area contributed by atoms with Crippen molar-refractivity contribution in [2.75, 3.05) is 31.9 Å². The van der Waals surface area contributed by atoms with E-state index in [9.17, 15) is 8.42 Å². The van der Waals surface area contributed by atoms with Crippen LogP contribution in [0.3, 0.4) is 0 Å². The number of anilines is 1. The summed E-state index contributed by atoms with van der Waals surface area (Å²) >= 11 is 0. The molecule has 0 aliphatic carbocycles. The van der Waals surface area contributed by atoms with Gasteiger partial charge in [-0.15, -0.1) is 0 Å². The van der Waals surface area contributed by atoms with Crippen molar-refractivity contribution in [1.82, 2.24) is 19.4 Å². The van der Waals surface area contributed by atoms with Crippen LogP contribution in [0.4, 0.5) is 5.82 Å². The van der Waals surface area contributed by atoms with Crippen LogP contribution in [0.2, 0.25) is 0 Å². The molecule has 0 saturated carbocycles. The number of nitrogens with one attached hydrogen (secondary N) is 1. The number of piperidine rings is 1. The van der Waals surface area contributed by atoms with Gasteiger partial charge in [-0.05, 0) is 32.9 Å². The minimum Gasteiger partial charge on any atom is -0.381 e. The Hall–Kier alpha value is -1.12. The summed E-state index contributed by atoms with van der Waals surface area (Å²) < 4.78 is 28.6. The maximum absolute atomic E-state index is 12.3. The highest BCUT2D eigenvalue weighted by atomic mass is 32.2. The van der Waals surface area contributed by atoms with Crippen molar-refractivity contribution in [3.05, 3.63) is 5.69 Å². The van der Waals surface area contributed by atoms with Gasteiger partial charge in [0.2, 0.25) is 10.0 Å². The Labute approximate surface area is 120 Å². The second-order valence-corrected chi connectivity index (χ2v) is 6.93. The summed E-state index contributed by atoms with van der Waals surface area (Å²) in [5.41, 5.74) is 6.23. The molecule has 3 N–H and O–H groups in total. The third kappa shape index (κ3) is 3.31. The number of nitrogens with zero attached hydrogens (tertiary/aromatic N) is 3. The van der Waals surface area contributed by atoms with Gasteiger partial charge >= 0.3 is 0 Å². The van der Waals surface area contributed by atoms with Crippen molar-refractivity contribution < 1.29 is 8.42 Å². The number of rotatable bonds is 5. The molecule has 1 aromatic rings. The number of aromatic nitrogens is 2. The van der Waals surface area contributed by atoms with Gasteiger partial charge in [0.1, 0.15) is 4.90 Å². The second kappa shape index (κ2) is 6.11. The molecule has 1 aliphatic rings. The summed E-state index contributed by atoms with van der Waals surface area (Å²) in [6.45, 7) is 4.93. The van der Waals surface area contributed by atoms with Crippen molar-refractivity contribution >= 4 is 15.8 Å². The van der Waals surface area contributed by atoms with Gasteiger partial charge in [-0.3, -0.25) is 4.68 Å². The molecule has 8 heteroatoms. The molecular formula is C12H23N5O2S. The van der Waals surface area contributed by atoms with Crippen LogP contribution in [-0.2, 0) is 17.1 Å². The van der Waals surface area contributed by atoms with Crippen LogP contribution in [0.5, 0.6) is 0 Å². The van der Waals surface area contributed by atoms with E-state index in [0.29, 0.717) is 12.2 Å². The zero-order valence-electron chi connectivity index (χ0n) is 12.1. The van der Waals surface area contributed by atoms with Crippen LogP contribution < -0.4 is 10.5 Å². The Bertz CT molecular complexity index is 561. The highest BCUT2D eigenvalue weighted by molar-refractivity contribution is 7.89. The predicted molar refractivity (Wildman–Crippen MR) is 77.8 cm³/mol. The van der Waals surface area contributed by atoms with E-state index >= 15 is 0 Å². The maximum atomic E-state index is 12.3. The van der Waals surface area contributed by atoms with Crippen LogP contribution in [-0.4, -0.2) is 49.3 Å². The monoisotopic (exact) mass is 301 g/mol. The number of nitrogens with two attached hydrogens (primary N) is 1. The summed E-state index contributed by atoms with van der Waals surface area (Å²) in [5.74, 6) is 0.0514. The molecule has 0 bridgehead atoms. The molecular weight excluding hydrogens is 278 g/mol. The smallest absolute Gasteiger partial charge is 0.246 e. The molecule has 1 aliphatic heterocycles. The average molecular weight is 301 g/mol. The molecule has 114 valence electrons. The average Bonchev–Trinajstić information content (AvgIpc) is 2.64. The first-order chi connectivity index (χ1) is 9.42. The molecule has 0 amide bonds. The molecule has 1 aromatic heterocycles. The highest BCUT2D eigenvalue weighted by Crippen LogP contribution is 2.20. The summed E-state index contributed by atoms with van der Waals surface area (Å²) in [6, 6.07) is 0. The lowest BCUT2D eigenvalue weighted by molar-refractivity contribution is 0.233. The van der Waals surface area contributed by atoms with E-state index in [0.717, 1.165) is 19.6 Å². The Morgan fingerprint density at radius 3 is 2.50 bits per heavy atom. The molecule has 0 unspecified atom stereocenters. The molecule has 2 heterocycles. The minimum absolute atomic E-state index is 0.0514. The van der Waals surface area contributed by atoms with Crippen LogP contribution in [0.1, 0.15) is 25.0 Å². The maximum Gasteiger partial charge on any atom is 0.246 e.